The summed E-state index contributed by atoms with van der Waals surface area (Å²) in [6, 6.07) is 4.05. The van der Waals surface area contributed by atoms with Gasteiger partial charge in [-0.05, 0) is 25.0 Å². The molecule has 0 aliphatic rings. The number of nitrogen functional groups attached to an aromatic ring is 2. The topological polar surface area (TPSA) is 82.2 Å². The van der Waals surface area contributed by atoms with E-state index >= 15 is 0 Å². The molecule has 4 N–H and O–H groups in total. The van der Waals surface area contributed by atoms with Gasteiger partial charge in [0.05, 0.1) is 0 Å². The fraction of sp³-hybridized carbons (Fsp3) is 0.538. The average molecular weight is 247 g/mol. The van der Waals surface area contributed by atoms with Crippen LogP contribution in [0.2, 0.25) is 0 Å². The molecule has 1 unspecified atom stereocenters. The van der Waals surface area contributed by atoms with Crippen LogP contribution in [0.5, 0.6) is 0 Å². The van der Waals surface area contributed by atoms with Gasteiger partial charge in [0.2, 0.25) is 5.95 Å². The minimum absolute atomic E-state index is 0.0917. The van der Waals surface area contributed by atoms with Gasteiger partial charge >= 0.3 is 0 Å². The van der Waals surface area contributed by atoms with Crippen LogP contribution >= 0.6 is 0 Å². The number of anilines is 2. The van der Waals surface area contributed by atoms with Gasteiger partial charge in [-0.2, -0.15) is 4.98 Å². The lowest BCUT2D eigenvalue weighted by Gasteiger charge is -2.27. The molecule has 0 aromatic carbocycles. The molecule has 98 valence electrons. The lowest BCUT2D eigenvalue weighted by molar-refractivity contribution is 0.395. The lowest BCUT2D eigenvalue weighted by atomic mass is 9.80. The Kier molecular flexibility index (Phi) is 3.15. The molecule has 0 fully saturated rings. The highest BCUT2D eigenvalue weighted by molar-refractivity contribution is 5.67. The van der Waals surface area contributed by atoms with Gasteiger partial charge < -0.3 is 11.5 Å². The monoisotopic (exact) mass is 247 g/mol. The van der Waals surface area contributed by atoms with E-state index in [-0.39, 0.29) is 11.4 Å². The second-order valence-electron chi connectivity index (χ2n) is 5.04. The zero-order valence-corrected chi connectivity index (χ0v) is 11.3. The summed E-state index contributed by atoms with van der Waals surface area (Å²) in [5.41, 5.74) is 13.6. The van der Waals surface area contributed by atoms with E-state index in [9.17, 15) is 0 Å². The van der Waals surface area contributed by atoms with Crippen LogP contribution in [-0.2, 0) is 5.41 Å². The van der Waals surface area contributed by atoms with E-state index in [2.05, 4.69) is 36.9 Å². The van der Waals surface area contributed by atoms with Gasteiger partial charge in [-0.3, -0.25) is 0 Å². The zero-order valence-electron chi connectivity index (χ0n) is 11.3. The van der Waals surface area contributed by atoms with Gasteiger partial charge in [0.1, 0.15) is 5.52 Å². The molecule has 2 rings (SSSR count). The first-order chi connectivity index (χ1) is 8.51. The molecule has 0 saturated carbocycles. The Hall–Kier alpha value is -1.78. The van der Waals surface area contributed by atoms with Crippen molar-refractivity contribution in [2.75, 3.05) is 11.5 Å². The Morgan fingerprint density at radius 2 is 2.00 bits per heavy atom. The van der Waals surface area contributed by atoms with Crippen molar-refractivity contribution >= 4 is 17.3 Å². The zero-order chi connectivity index (χ0) is 13.3. The van der Waals surface area contributed by atoms with Crippen molar-refractivity contribution in [2.45, 2.75) is 45.4 Å². The van der Waals surface area contributed by atoms with Crippen molar-refractivity contribution in [1.29, 1.82) is 0 Å². The average Bonchev–Trinajstić information content (AvgIpc) is 2.73. The smallest absolute Gasteiger partial charge is 0.240 e. The summed E-state index contributed by atoms with van der Waals surface area (Å²) in [7, 11) is 0. The van der Waals surface area contributed by atoms with Crippen LogP contribution in [0.1, 0.15) is 45.7 Å². The van der Waals surface area contributed by atoms with E-state index in [4.69, 9.17) is 11.5 Å². The van der Waals surface area contributed by atoms with Gasteiger partial charge in [0.15, 0.2) is 5.82 Å². The molecule has 18 heavy (non-hydrogen) atoms. The van der Waals surface area contributed by atoms with Crippen molar-refractivity contribution in [3.63, 3.8) is 0 Å². The molecular formula is C13H21N5. The van der Waals surface area contributed by atoms with E-state index in [1.54, 1.807) is 0 Å². The minimum atomic E-state index is 0.0917. The Balaban J connectivity index is 2.64. The van der Waals surface area contributed by atoms with Crippen molar-refractivity contribution in [1.82, 2.24) is 14.6 Å². The summed E-state index contributed by atoms with van der Waals surface area (Å²) in [4.78, 5) is 3.99. The number of hydrogen-bond acceptors (Lipinski definition) is 4. The van der Waals surface area contributed by atoms with Crippen LogP contribution in [0.3, 0.4) is 0 Å². The van der Waals surface area contributed by atoms with Crippen LogP contribution in [0, 0.1) is 0 Å². The first kappa shape index (κ1) is 12.7. The SMILES string of the molecule is CCCC(C)(CC)c1ccc2c(N)nc(N)nn12. The second-order valence-corrected chi connectivity index (χ2v) is 5.04. The summed E-state index contributed by atoms with van der Waals surface area (Å²) in [5.74, 6) is 0.649. The Morgan fingerprint density at radius 1 is 1.28 bits per heavy atom. The van der Waals surface area contributed by atoms with E-state index in [1.165, 1.54) is 0 Å². The molecule has 2 aromatic rings. The molecule has 0 aliphatic heterocycles. The number of aromatic nitrogens is 3. The predicted molar refractivity (Wildman–Crippen MR) is 74.4 cm³/mol. The summed E-state index contributed by atoms with van der Waals surface area (Å²) in [5, 5.41) is 4.30. The predicted octanol–water partition coefficient (Wildman–Crippen LogP) is 2.36. The Bertz CT molecular complexity index is 560. The first-order valence-corrected chi connectivity index (χ1v) is 6.43. The molecule has 2 aromatic heterocycles. The normalized spacial score (nSPS) is 14.8. The third-order valence-electron chi connectivity index (χ3n) is 3.76. The molecule has 0 bridgehead atoms. The summed E-state index contributed by atoms with van der Waals surface area (Å²) in [6.45, 7) is 6.65. The molecule has 0 spiro atoms. The van der Waals surface area contributed by atoms with Gasteiger partial charge in [-0.25, -0.2) is 4.52 Å². The molecule has 0 aliphatic carbocycles. The van der Waals surface area contributed by atoms with Gasteiger partial charge in [0.25, 0.3) is 0 Å². The fourth-order valence-electron chi connectivity index (χ4n) is 2.53. The van der Waals surface area contributed by atoms with Gasteiger partial charge in [0, 0.05) is 11.1 Å². The molecule has 0 amide bonds. The molecule has 5 nitrogen and oxygen atoms in total. The molecule has 2 heterocycles. The summed E-state index contributed by atoms with van der Waals surface area (Å²) >= 11 is 0. The number of nitrogens with two attached hydrogens (primary N) is 2. The Labute approximate surface area is 107 Å². The highest BCUT2D eigenvalue weighted by Gasteiger charge is 2.27. The van der Waals surface area contributed by atoms with Crippen molar-refractivity contribution in [3.8, 4) is 0 Å². The largest absolute Gasteiger partial charge is 0.382 e. The van der Waals surface area contributed by atoms with E-state index < -0.39 is 0 Å². The van der Waals surface area contributed by atoms with Crippen molar-refractivity contribution < 1.29 is 0 Å². The number of nitrogens with zero attached hydrogens (tertiary/aromatic N) is 3. The lowest BCUT2D eigenvalue weighted by Crippen LogP contribution is -2.24. The fourth-order valence-corrected chi connectivity index (χ4v) is 2.53. The molecule has 1 atom stereocenters. The number of hydrogen-bond donors (Lipinski definition) is 2. The van der Waals surface area contributed by atoms with Crippen LogP contribution in [0.4, 0.5) is 11.8 Å². The quantitative estimate of drug-likeness (QED) is 0.868. The van der Waals surface area contributed by atoms with Crippen molar-refractivity contribution in [2.24, 2.45) is 0 Å². The summed E-state index contributed by atoms with van der Waals surface area (Å²) < 4.78 is 1.84. The van der Waals surface area contributed by atoms with E-state index in [0.717, 1.165) is 30.5 Å². The number of rotatable bonds is 4. The standard InChI is InChI=1S/C13H21N5/c1-4-8-13(3,5-2)10-7-6-9-11(14)16-12(15)17-18(9)10/h6-7H,4-5,8H2,1-3H3,(H4,14,15,16,17). The molecule has 0 radical (unpaired) electrons. The number of fused-ring (bicyclic) bond motifs is 1. The first-order valence-electron chi connectivity index (χ1n) is 6.43. The maximum Gasteiger partial charge on any atom is 0.240 e. The molecule has 0 saturated heterocycles. The van der Waals surface area contributed by atoms with E-state index in [0.29, 0.717) is 5.82 Å². The van der Waals surface area contributed by atoms with E-state index in [1.807, 2.05) is 10.6 Å². The van der Waals surface area contributed by atoms with Crippen LogP contribution in [-0.4, -0.2) is 14.6 Å². The van der Waals surface area contributed by atoms with Gasteiger partial charge in [-0.15, -0.1) is 5.10 Å². The molecular weight excluding hydrogens is 226 g/mol. The Morgan fingerprint density at radius 3 is 2.61 bits per heavy atom. The third kappa shape index (κ3) is 1.89. The maximum atomic E-state index is 5.88. The van der Waals surface area contributed by atoms with Crippen LogP contribution < -0.4 is 11.5 Å². The molecule has 5 heteroatoms. The highest BCUT2D eigenvalue weighted by atomic mass is 15.3. The second kappa shape index (κ2) is 4.48. The maximum absolute atomic E-state index is 5.88. The van der Waals surface area contributed by atoms with Crippen molar-refractivity contribution in [3.05, 3.63) is 17.8 Å². The highest BCUT2D eigenvalue weighted by Crippen LogP contribution is 2.33. The minimum Gasteiger partial charge on any atom is -0.382 e. The summed E-state index contributed by atoms with van der Waals surface area (Å²) in [6.07, 6.45) is 3.30. The van der Waals surface area contributed by atoms with Gasteiger partial charge in [-0.1, -0.05) is 27.2 Å². The van der Waals surface area contributed by atoms with Crippen LogP contribution in [0.15, 0.2) is 12.1 Å². The third-order valence-corrected chi connectivity index (χ3v) is 3.76. The van der Waals surface area contributed by atoms with Crippen LogP contribution in [0.25, 0.3) is 5.52 Å².